The van der Waals surface area contributed by atoms with E-state index in [1.54, 1.807) is 44.2 Å². The van der Waals surface area contributed by atoms with Gasteiger partial charge in [-0.1, -0.05) is 45.0 Å². The number of rotatable bonds is 9. The van der Waals surface area contributed by atoms with Gasteiger partial charge in [0, 0.05) is 12.6 Å². The van der Waals surface area contributed by atoms with Gasteiger partial charge in [0.05, 0.1) is 17.6 Å². The fraction of sp³-hybridized carbons (Fsp3) is 0.357. The molecule has 0 aliphatic heterocycles. The SMILES string of the molecule is COc1ccc(CN(C(C)C)S(=O)(=O)c2ccc(C(C)(C)C)cc2)cc1OS(=O)(=O)c1cccc(C(F)(F)F)c1. The van der Waals surface area contributed by atoms with E-state index in [9.17, 15) is 30.0 Å². The molecular weight excluding hydrogens is 567 g/mol. The molecule has 3 rings (SSSR count). The zero-order valence-corrected chi connectivity index (χ0v) is 24.6. The standard InChI is InChI=1S/C28H32F3NO6S2/c1-19(2)32(39(33,34)23-13-11-21(12-14-23)27(3,4)5)18-20-10-15-25(37-6)26(16-20)38-40(35,36)24-9-7-8-22(17-24)28(29,30)31/h7-17,19H,18H2,1-6H3. The van der Waals surface area contributed by atoms with Crippen LogP contribution in [0.15, 0.2) is 76.5 Å². The number of benzene rings is 3. The zero-order valence-electron chi connectivity index (χ0n) is 23.0. The molecule has 0 N–H and O–H groups in total. The Hall–Kier alpha value is -3.09. The highest BCUT2D eigenvalue weighted by atomic mass is 32.2. The Bertz CT molecular complexity index is 1560. The molecule has 218 valence electrons. The van der Waals surface area contributed by atoms with Gasteiger partial charge in [-0.05, 0) is 72.9 Å². The minimum atomic E-state index is -4.75. The lowest BCUT2D eigenvalue weighted by atomic mass is 9.87. The summed E-state index contributed by atoms with van der Waals surface area (Å²) in [5, 5.41) is 0. The van der Waals surface area contributed by atoms with Crippen molar-refractivity contribution in [3.8, 4) is 11.5 Å². The summed E-state index contributed by atoms with van der Waals surface area (Å²) in [6.45, 7) is 9.35. The maximum Gasteiger partial charge on any atom is 0.416 e. The van der Waals surface area contributed by atoms with Crippen molar-refractivity contribution in [3.63, 3.8) is 0 Å². The molecule has 7 nitrogen and oxygen atoms in total. The first-order valence-electron chi connectivity index (χ1n) is 12.3. The summed E-state index contributed by atoms with van der Waals surface area (Å²) < 4.78 is 104. The predicted octanol–water partition coefficient (Wildman–Crippen LogP) is 6.38. The molecule has 0 heterocycles. The summed E-state index contributed by atoms with van der Waals surface area (Å²) in [5.74, 6) is -0.302. The Balaban J connectivity index is 1.95. The van der Waals surface area contributed by atoms with Crippen LogP contribution in [0.3, 0.4) is 0 Å². The molecule has 0 bridgehead atoms. The summed E-state index contributed by atoms with van der Waals surface area (Å²) in [6.07, 6.45) is -4.75. The van der Waals surface area contributed by atoms with E-state index in [2.05, 4.69) is 0 Å². The Morgan fingerprint density at radius 1 is 0.800 bits per heavy atom. The molecule has 0 amide bonds. The molecule has 0 fully saturated rings. The first kappa shape index (κ1) is 31.4. The molecule has 40 heavy (non-hydrogen) atoms. The van der Waals surface area contributed by atoms with Crippen LogP contribution in [0.4, 0.5) is 13.2 Å². The topological polar surface area (TPSA) is 90.0 Å². The van der Waals surface area contributed by atoms with E-state index in [0.717, 1.165) is 23.8 Å². The maximum atomic E-state index is 13.6. The largest absolute Gasteiger partial charge is 0.493 e. The molecule has 3 aromatic rings. The van der Waals surface area contributed by atoms with Crippen LogP contribution in [0.5, 0.6) is 11.5 Å². The first-order chi connectivity index (χ1) is 18.4. The monoisotopic (exact) mass is 599 g/mol. The van der Waals surface area contributed by atoms with E-state index in [4.69, 9.17) is 8.92 Å². The van der Waals surface area contributed by atoms with Crippen LogP contribution < -0.4 is 8.92 Å². The molecule has 0 aromatic heterocycles. The lowest BCUT2D eigenvalue weighted by molar-refractivity contribution is -0.137. The highest BCUT2D eigenvalue weighted by Crippen LogP contribution is 2.35. The number of nitrogens with zero attached hydrogens (tertiary/aromatic N) is 1. The average Bonchev–Trinajstić information content (AvgIpc) is 2.86. The molecule has 0 spiro atoms. The van der Waals surface area contributed by atoms with Gasteiger partial charge in [0.1, 0.15) is 4.90 Å². The Morgan fingerprint density at radius 3 is 1.95 bits per heavy atom. The molecule has 0 radical (unpaired) electrons. The summed E-state index contributed by atoms with van der Waals surface area (Å²) in [7, 11) is -7.37. The first-order valence-corrected chi connectivity index (χ1v) is 15.1. The van der Waals surface area contributed by atoms with Crippen molar-refractivity contribution in [3.05, 3.63) is 83.4 Å². The van der Waals surface area contributed by atoms with Gasteiger partial charge in [-0.25, -0.2) is 8.42 Å². The maximum absolute atomic E-state index is 13.6. The summed E-state index contributed by atoms with van der Waals surface area (Å²) in [6, 6.07) is 13.6. The normalized spacial score (nSPS) is 13.1. The zero-order chi connectivity index (χ0) is 30.1. The molecule has 0 aliphatic carbocycles. The number of methoxy groups -OCH3 is 1. The highest BCUT2D eigenvalue weighted by molar-refractivity contribution is 7.89. The van der Waals surface area contributed by atoms with Gasteiger partial charge in [0.25, 0.3) is 0 Å². The van der Waals surface area contributed by atoms with E-state index in [0.29, 0.717) is 11.6 Å². The van der Waals surface area contributed by atoms with Crippen molar-refractivity contribution >= 4 is 20.1 Å². The van der Waals surface area contributed by atoms with E-state index < -0.39 is 42.8 Å². The Kier molecular flexibility index (Phi) is 8.97. The van der Waals surface area contributed by atoms with E-state index in [-0.39, 0.29) is 28.4 Å². The molecule has 3 aromatic carbocycles. The van der Waals surface area contributed by atoms with Crippen LogP contribution in [0.1, 0.15) is 51.3 Å². The van der Waals surface area contributed by atoms with Crippen molar-refractivity contribution in [1.82, 2.24) is 4.31 Å². The van der Waals surface area contributed by atoms with Gasteiger partial charge in [-0.3, -0.25) is 0 Å². The smallest absolute Gasteiger partial charge is 0.416 e. The van der Waals surface area contributed by atoms with Crippen molar-refractivity contribution in [2.45, 2.75) is 68.6 Å². The van der Waals surface area contributed by atoms with Crippen LogP contribution >= 0.6 is 0 Å². The minimum Gasteiger partial charge on any atom is -0.493 e. The molecule has 0 aliphatic rings. The number of sulfonamides is 1. The van der Waals surface area contributed by atoms with Gasteiger partial charge in [-0.2, -0.15) is 25.9 Å². The van der Waals surface area contributed by atoms with Crippen LogP contribution in [-0.4, -0.2) is 34.3 Å². The molecule has 12 heteroatoms. The highest BCUT2D eigenvalue weighted by Gasteiger charge is 2.33. The van der Waals surface area contributed by atoms with Crippen molar-refractivity contribution in [1.29, 1.82) is 0 Å². The quantitative estimate of drug-likeness (QED) is 0.265. The molecule has 0 saturated heterocycles. The fourth-order valence-corrected chi connectivity index (χ4v) is 6.47. The molecule has 0 saturated carbocycles. The summed E-state index contributed by atoms with van der Waals surface area (Å²) in [5.41, 5.74) is 0.0415. The molecule has 0 unspecified atom stereocenters. The van der Waals surface area contributed by atoms with E-state index in [1.807, 2.05) is 20.8 Å². The van der Waals surface area contributed by atoms with Crippen LogP contribution in [0.25, 0.3) is 0 Å². The van der Waals surface area contributed by atoms with Gasteiger partial charge in [0.15, 0.2) is 11.5 Å². The lowest BCUT2D eigenvalue weighted by Crippen LogP contribution is -2.36. The molecular formula is C28H32F3NO6S2. The second-order valence-electron chi connectivity index (χ2n) is 10.5. The van der Waals surface area contributed by atoms with Crippen molar-refractivity contribution < 1.29 is 38.9 Å². The number of hydrogen-bond donors (Lipinski definition) is 0. The second-order valence-corrected chi connectivity index (χ2v) is 13.9. The van der Waals surface area contributed by atoms with E-state index in [1.165, 1.54) is 23.5 Å². The van der Waals surface area contributed by atoms with Gasteiger partial charge in [-0.15, -0.1) is 0 Å². The van der Waals surface area contributed by atoms with E-state index >= 15 is 0 Å². The van der Waals surface area contributed by atoms with Crippen LogP contribution in [0, 0.1) is 0 Å². The third-order valence-electron chi connectivity index (χ3n) is 6.12. The summed E-state index contributed by atoms with van der Waals surface area (Å²) >= 11 is 0. The third kappa shape index (κ3) is 7.15. The van der Waals surface area contributed by atoms with Crippen LogP contribution in [0.2, 0.25) is 0 Å². The average molecular weight is 600 g/mol. The van der Waals surface area contributed by atoms with Crippen molar-refractivity contribution in [2.75, 3.05) is 7.11 Å². The van der Waals surface area contributed by atoms with Gasteiger partial charge in [0.2, 0.25) is 10.0 Å². The van der Waals surface area contributed by atoms with Crippen molar-refractivity contribution in [2.24, 2.45) is 0 Å². The molecule has 0 atom stereocenters. The summed E-state index contributed by atoms with van der Waals surface area (Å²) in [4.78, 5) is -0.592. The van der Waals surface area contributed by atoms with Crippen LogP contribution in [-0.2, 0) is 38.3 Å². The number of halogens is 3. The van der Waals surface area contributed by atoms with Gasteiger partial charge >= 0.3 is 16.3 Å². The third-order valence-corrected chi connectivity index (χ3v) is 9.39. The number of alkyl halides is 3. The number of ether oxygens (including phenoxy) is 1. The Labute approximate surface area is 233 Å². The fourth-order valence-electron chi connectivity index (χ4n) is 3.87. The lowest BCUT2D eigenvalue weighted by Gasteiger charge is -2.27. The minimum absolute atomic E-state index is 0.00368. The second kappa shape index (κ2) is 11.4. The van der Waals surface area contributed by atoms with Gasteiger partial charge < -0.3 is 8.92 Å². The predicted molar refractivity (Wildman–Crippen MR) is 145 cm³/mol. The number of hydrogen-bond acceptors (Lipinski definition) is 6. The Morgan fingerprint density at radius 2 is 1.43 bits per heavy atom.